The maximum atomic E-state index is 12.0. The average Bonchev–Trinajstić information content (AvgIpc) is 3.07. The van der Waals surface area contributed by atoms with Crippen molar-refractivity contribution in [3.8, 4) is 11.5 Å². The monoisotopic (exact) mass is 318 g/mol. The van der Waals surface area contributed by atoms with E-state index >= 15 is 0 Å². The highest BCUT2D eigenvalue weighted by Gasteiger charge is 2.14. The molecule has 0 bridgehead atoms. The number of nitrogens with one attached hydrogen (secondary N) is 2. The first-order valence-electron chi connectivity index (χ1n) is 7.36. The average molecular weight is 318 g/mol. The number of imidazole rings is 1. The van der Waals surface area contributed by atoms with Crippen LogP contribution >= 0.6 is 0 Å². The summed E-state index contributed by atoms with van der Waals surface area (Å²) in [5, 5.41) is 5.71. The number of nitrogens with zero attached hydrogens (tertiary/aromatic N) is 2. The van der Waals surface area contributed by atoms with Gasteiger partial charge in [-0.2, -0.15) is 0 Å². The second kappa shape index (κ2) is 8.07. The van der Waals surface area contributed by atoms with Crippen molar-refractivity contribution >= 4 is 6.03 Å². The lowest BCUT2D eigenvalue weighted by Crippen LogP contribution is -2.38. The fourth-order valence-corrected chi connectivity index (χ4v) is 2.22. The van der Waals surface area contributed by atoms with Crippen LogP contribution in [0.1, 0.15) is 18.5 Å². The maximum absolute atomic E-state index is 12.0. The minimum absolute atomic E-state index is 0.191. The standard InChI is InChI=1S/C16H22N4O3/c1-12(14-5-4-13(22-2)10-15(14)23-3)19-16(21)18-7-9-20-8-6-17-11-20/h4-6,8,10-12H,7,9H2,1-3H3,(H2,18,19,21)/t12-/m0/s1. The molecule has 2 rings (SSSR count). The molecule has 2 amide bonds. The van der Waals surface area contributed by atoms with Crippen molar-refractivity contribution in [3.05, 3.63) is 42.5 Å². The molecule has 0 spiro atoms. The Morgan fingerprint density at radius 3 is 2.83 bits per heavy atom. The minimum atomic E-state index is -0.226. The van der Waals surface area contributed by atoms with Crippen LogP contribution in [0.3, 0.4) is 0 Å². The van der Waals surface area contributed by atoms with Crippen LogP contribution in [0.25, 0.3) is 0 Å². The van der Waals surface area contributed by atoms with E-state index in [0.717, 1.165) is 5.56 Å². The molecule has 2 aromatic rings. The molecule has 124 valence electrons. The summed E-state index contributed by atoms with van der Waals surface area (Å²) in [7, 11) is 3.19. The van der Waals surface area contributed by atoms with E-state index in [0.29, 0.717) is 24.6 Å². The number of benzene rings is 1. The van der Waals surface area contributed by atoms with Gasteiger partial charge in [0.05, 0.1) is 26.6 Å². The molecule has 1 atom stereocenters. The highest BCUT2D eigenvalue weighted by Crippen LogP contribution is 2.29. The van der Waals surface area contributed by atoms with Crippen LogP contribution in [-0.4, -0.2) is 36.3 Å². The Hall–Kier alpha value is -2.70. The molecule has 0 aliphatic rings. The molecule has 7 heteroatoms. The van der Waals surface area contributed by atoms with Gasteiger partial charge in [0, 0.05) is 37.1 Å². The molecule has 0 saturated carbocycles. The molecular weight excluding hydrogens is 296 g/mol. The number of rotatable bonds is 7. The molecule has 0 fully saturated rings. The van der Waals surface area contributed by atoms with Gasteiger partial charge in [0.15, 0.2) is 0 Å². The third-order valence-electron chi connectivity index (χ3n) is 3.47. The lowest BCUT2D eigenvalue weighted by atomic mass is 10.1. The van der Waals surface area contributed by atoms with Gasteiger partial charge in [-0.05, 0) is 19.1 Å². The van der Waals surface area contributed by atoms with Gasteiger partial charge in [0.2, 0.25) is 0 Å². The van der Waals surface area contributed by atoms with Crippen LogP contribution < -0.4 is 20.1 Å². The predicted octanol–water partition coefficient (Wildman–Crippen LogP) is 1.96. The van der Waals surface area contributed by atoms with E-state index < -0.39 is 0 Å². The quantitative estimate of drug-likeness (QED) is 0.818. The second-order valence-corrected chi connectivity index (χ2v) is 5.03. The van der Waals surface area contributed by atoms with Gasteiger partial charge in [-0.1, -0.05) is 0 Å². The van der Waals surface area contributed by atoms with E-state index in [1.807, 2.05) is 29.8 Å². The predicted molar refractivity (Wildman–Crippen MR) is 86.7 cm³/mol. The molecule has 7 nitrogen and oxygen atoms in total. The number of carbonyl (C=O) groups is 1. The van der Waals surface area contributed by atoms with Crippen LogP contribution in [0.5, 0.6) is 11.5 Å². The van der Waals surface area contributed by atoms with Gasteiger partial charge in [0.25, 0.3) is 0 Å². The number of methoxy groups -OCH3 is 2. The Morgan fingerprint density at radius 2 is 2.17 bits per heavy atom. The number of hydrogen-bond acceptors (Lipinski definition) is 4. The van der Waals surface area contributed by atoms with Crippen LogP contribution in [0.2, 0.25) is 0 Å². The first kappa shape index (κ1) is 16.7. The molecule has 0 saturated heterocycles. The smallest absolute Gasteiger partial charge is 0.315 e. The number of amides is 2. The lowest BCUT2D eigenvalue weighted by Gasteiger charge is -2.18. The van der Waals surface area contributed by atoms with Crippen molar-refractivity contribution in [2.45, 2.75) is 19.5 Å². The van der Waals surface area contributed by atoms with E-state index in [1.54, 1.807) is 32.8 Å². The zero-order chi connectivity index (χ0) is 16.7. The number of aromatic nitrogens is 2. The summed E-state index contributed by atoms with van der Waals surface area (Å²) in [6, 6.07) is 5.10. The van der Waals surface area contributed by atoms with Crippen molar-refractivity contribution in [2.24, 2.45) is 0 Å². The molecule has 0 aliphatic heterocycles. The van der Waals surface area contributed by atoms with Gasteiger partial charge in [-0.25, -0.2) is 9.78 Å². The molecule has 0 unspecified atom stereocenters. The first-order chi connectivity index (χ1) is 11.1. The van der Waals surface area contributed by atoms with E-state index in [2.05, 4.69) is 15.6 Å². The molecule has 0 aliphatic carbocycles. The summed E-state index contributed by atoms with van der Waals surface area (Å²) in [6.07, 6.45) is 5.27. The van der Waals surface area contributed by atoms with E-state index in [9.17, 15) is 4.79 Å². The number of hydrogen-bond donors (Lipinski definition) is 2. The van der Waals surface area contributed by atoms with Crippen molar-refractivity contribution in [3.63, 3.8) is 0 Å². The Morgan fingerprint density at radius 1 is 1.35 bits per heavy atom. The molecule has 23 heavy (non-hydrogen) atoms. The van der Waals surface area contributed by atoms with Crippen LogP contribution in [0.4, 0.5) is 4.79 Å². The number of urea groups is 1. The van der Waals surface area contributed by atoms with Crippen LogP contribution in [-0.2, 0) is 6.54 Å². The third-order valence-corrected chi connectivity index (χ3v) is 3.47. The molecule has 2 N–H and O–H groups in total. The zero-order valence-electron chi connectivity index (χ0n) is 13.6. The largest absolute Gasteiger partial charge is 0.497 e. The maximum Gasteiger partial charge on any atom is 0.315 e. The van der Waals surface area contributed by atoms with Crippen LogP contribution in [0, 0.1) is 0 Å². The Bertz CT molecular complexity index is 628. The summed E-state index contributed by atoms with van der Waals surface area (Å²) in [6.45, 7) is 3.10. The summed E-state index contributed by atoms with van der Waals surface area (Å²) in [5.41, 5.74) is 0.887. The topological polar surface area (TPSA) is 77.4 Å². The van der Waals surface area contributed by atoms with Gasteiger partial charge in [-0.3, -0.25) is 0 Å². The molecule has 1 aromatic heterocycles. The van der Waals surface area contributed by atoms with E-state index in [1.165, 1.54) is 0 Å². The van der Waals surface area contributed by atoms with Gasteiger partial charge in [-0.15, -0.1) is 0 Å². The summed E-state index contributed by atoms with van der Waals surface area (Å²) in [5.74, 6) is 1.39. The van der Waals surface area contributed by atoms with Gasteiger partial charge in [0.1, 0.15) is 11.5 Å². The number of carbonyl (C=O) groups excluding carboxylic acids is 1. The minimum Gasteiger partial charge on any atom is -0.497 e. The van der Waals surface area contributed by atoms with Crippen LogP contribution in [0.15, 0.2) is 36.9 Å². The van der Waals surface area contributed by atoms with E-state index in [4.69, 9.17) is 9.47 Å². The summed E-state index contributed by atoms with van der Waals surface area (Å²) < 4.78 is 12.4. The first-order valence-corrected chi connectivity index (χ1v) is 7.36. The van der Waals surface area contributed by atoms with E-state index in [-0.39, 0.29) is 12.1 Å². The normalized spacial score (nSPS) is 11.6. The van der Waals surface area contributed by atoms with Gasteiger partial charge >= 0.3 is 6.03 Å². The third kappa shape index (κ3) is 4.64. The summed E-state index contributed by atoms with van der Waals surface area (Å²) >= 11 is 0. The van der Waals surface area contributed by atoms with Crippen molar-refractivity contribution in [1.82, 2.24) is 20.2 Å². The zero-order valence-corrected chi connectivity index (χ0v) is 13.6. The number of ether oxygens (including phenoxy) is 2. The highest BCUT2D eigenvalue weighted by molar-refractivity contribution is 5.74. The van der Waals surface area contributed by atoms with Crippen molar-refractivity contribution < 1.29 is 14.3 Å². The van der Waals surface area contributed by atoms with Crippen molar-refractivity contribution in [2.75, 3.05) is 20.8 Å². The SMILES string of the molecule is COc1ccc([C@H](C)NC(=O)NCCn2ccnc2)c(OC)c1. The van der Waals surface area contributed by atoms with Crippen molar-refractivity contribution in [1.29, 1.82) is 0 Å². The molecule has 0 radical (unpaired) electrons. The lowest BCUT2D eigenvalue weighted by molar-refractivity contribution is 0.237. The highest BCUT2D eigenvalue weighted by atomic mass is 16.5. The fourth-order valence-electron chi connectivity index (χ4n) is 2.22. The Balaban J connectivity index is 1.87. The molecule has 1 heterocycles. The Labute approximate surface area is 135 Å². The molecular formula is C16H22N4O3. The van der Waals surface area contributed by atoms with Gasteiger partial charge < -0.3 is 24.7 Å². The second-order valence-electron chi connectivity index (χ2n) is 5.03. The Kier molecular flexibility index (Phi) is 5.85. The fraction of sp³-hybridized carbons (Fsp3) is 0.375. The summed E-state index contributed by atoms with van der Waals surface area (Å²) in [4.78, 5) is 15.9. The molecule has 1 aromatic carbocycles.